The quantitative estimate of drug-likeness (QED) is 0.605. The molecule has 0 aromatic heterocycles. The lowest BCUT2D eigenvalue weighted by atomic mass is 10.2. The third-order valence-electron chi connectivity index (χ3n) is 3.44. The third-order valence-corrected chi connectivity index (χ3v) is 3.44. The molecule has 120 valence electrons. The smallest absolute Gasteiger partial charge is 0.310 e. The van der Waals surface area contributed by atoms with Crippen molar-refractivity contribution in [1.29, 1.82) is 0 Å². The molecule has 0 atom stereocenters. The lowest BCUT2D eigenvalue weighted by Crippen LogP contribution is -2.35. The van der Waals surface area contributed by atoms with Crippen molar-refractivity contribution in [1.82, 2.24) is 0 Å². The number of ether oxygens (including phenoxy) is 1. The molecule has 0 N–H and O–H groups in total. The molecule has 0 aliphatic carbocycles. The molecule has 0 spiro atoms. The van der Waals surface area contributed by atoms with Crippen LogP contribution in [0.5, 0.6) is 5.75 Å². The number of hydrogen-bond acceptors (Lipinski definition) is 4. The highest BCUT2D eigenvalue weighted by molar-refractivity contribution is 5.95. The Kier molecular flexibility index (Phi) is 5.30. The Bertz CT molecular complexity index is 715. The van der Waals surface area contributed by atoms with E-state index in [9.17, 15) is 14.9 Å². The average molecular weight is 314 g/mol. The van der Waals surface area contributed by atoms with Gasteiger partial charge in [0.15, 0.2) is 12.4 Å². The summed E-state index contributed by atoms with van der Waals surface area (Å²) in [6.07, 6.45) is 0. The molecule has 0 aliphatic heterocycles. The van der Waals surface area contributed by atoms with E-state index in [1.54, 1.807) is 17.0 Å². The summed E-state index contributed by atoms with van der Waals surface area (Å²) in [6, 6.07) is 13.6. The molecule has 0 saturated heterocycles. The number of nitro groups is 1. The molecule has 2 aromatic carbocycles. The molecule has 0 aliphatic rings. The van der Waals surface area contributed by atoms with Gasteiger partial charge in [-0.1, -0.05) is 30.3 Å². The van der Waals surface area contributed by atoms with Crippen LogP contribution in [-0.4, -0.2) is 24.0 Å². The third kappa shape index (κ3) is 3.85. The van der Waals surface area contributed by atoms with Gasteiger partial charge in [-0.2, -0.15) is 0 Å². The zero-order chi connectivity index (χ0) is 16.8. The average Bonchev–Trinajstić information content (AvgIpc) is 2.55. The van der Waals surface area contributed by atoms with Crippen molar-refractivity contribution in [3.63, 3.8) is 0 Å². The largest absolute Gasteiger partial charge is 0.477 e. The molecule has 0 fully saturated rings. The van der Waals surface area contributed by atoms with Gasteiger partial charge in [-0.25, -0.2) is 0 Å². The van der Waals surface area contributed by atoms with E-state index in [2.05, 4.69) is 0 Å². The van der Waals surface area contributed by atoms with Gasteiger partial charge in [-0.05, 0) is 31.5 Å². The second-order valence-corrected chi connectivity index (χ2v) is 4.94. The maximum atomic E-state index is 12.4. The number of nitrogens with zero attached hydrogens (tertiary/aromatic N) is 2. The predicted octanol–water partition coefficient (Wildman–Crippen LogP) is 3.34. The Morgan fingerprint density at radius 3 is 2.48 bits per heavy atom. The highest BCUT2D eigenvalue weighted by Gasteiger charge is 2.19. The van der Waals surface area contributed by atoms with Crippen LogP contribution >= 0.6 is 0 Å². The van der Waals surface area contributed by atoms with Gasteiger partial charge in [0.2, 0.25) is 0 Å². The second-order valence-electron chi connectivity index (χ2n) is 4.94. The second kappa shape index (κ2) is 7.40. The van der Waals surface area contributed by atoms with Crippen molar-refractivity contribution in [3.05, 3.63) is 64.2 Å². The zero-order valence-corrected chi connectivity index (χ0v) is 13.1. The monoisotopic (exact) mass is 314 g/mol. The Labute approximate surface area is 134 Å². The molecular weight excluding hydrogens is 296 g/mol. The van der Waals surface area contributed by atoms with Gasteiger partial charge in [0.1, 0.15) is 0 Å². The fourth-order valence-electron chi connectivity index (χ4n) is 2.29. The molecule has 0 heterocycles. The Hall–Kier alpha value is -2.89. The first kappa shape index (κ1) is 16.5. The van der Waals surface area contributed by atoms with E-state index in [0.29, 0.717) is 6.54 Å². The van der Waals surface area contributed by atoms with Crippen LogP contribution in [-0.2, 0) is 4.79 Å². The summed E-state index contributed by atoms with van der Waals surface area (Å²) in [4.78, 5) is 24.4. The van der Waals surface area contributed by atoms with Crippen LogP contribution in [0.3, 0.4) is 0 Å². The minimum absolute atomic E-state index is 0.0895. The number of aryl methyl sites for hydroxylation is 1. The lowest BCUT2D eigenvalue weighted by molar-refractivity contribution is -0.385. The highest BCUT2D eigenvalue weighted by atomic mass is 16.6. The summed E-state index contributed by atoms with van der Waals surface area (Å²) in [6.45, 7) is 4.03. The van der Waals surface area contributed by atoms with Gasteiger partial charge in [-0.15, -0.1) is 0 Å². The van der Waals surface area contributed by atoms with Gasteiger partial charge in [0.05, 0.1) is 4.92 Å². The van der Waals surface area contributed by atoms with Crippen LogP contribution in [0.4, 0.5) is 11.4 Å². The normalized spacial score (nSPS) is 10.2. The molecule has 6 nitrogen and oxygen atoms in total. The summed E-state index contributed by atoms with van der Waals surface area (Å²) in [5.41, 5.74) is 1.64. The van der Waals surface area contributed by atoms with Crippen molar-refractivity contribution in [2.24, 2.45) is 0 Å². The predicted molar refractivity (Wildman–Crippen MR) is 87.8 cm³/mol. The Balaban J connectivity index is 2.13. The standard InChI is InChI=1S/C17H18N2O4/c1-3-18(14-9-5-4-8-13(14)2)17(20)12-23-16-11-7-6-10-15(16)19(21)22/h4-11H,3,12H2,1-2H3. The number of carbonyl (C=O) groups is 1. The summed E-state index contributed by atoms with van der Waals surface area (Å²) in [5, 5.41) is 11.0. The lowest BCUT2D eigenvalue weighted by Gasteiger charge is -2.22. The van der Waals surface area contributed by atoms with Gasteiger partial charge < -0.3 is 9.64 Å². The van der Waals surface area contributed by atoms with Crippen LogP contribution in [0.15, 0.2) is 48.5 Å². The van der Waals surface area contributed by atoms with Crippen LogP contribution in [0.25, 0.3) is 0 Å². The molecule has 1 amide bonds. The number of anilines is 1. The van der Waals surface area contributed by atoms with E-state index < -0.39 is 4.92 Å². The fourth-order valence-corrected chi connectivity index (χ4v) is 2.29. The number of rotatable bonds is 6. The molecule has 0 unspecified atom stereocenters. The van der Waals surface area contributed by atoms with Gasteiger partial charge in [0, 0.05) is 18.3 Å². The molecule has 0 saturated carbocycles. The highest BCUT2D eigenvalue weighted by Crippen LogP contribution is 2.26. The zero-order valence-electron chi connectivity index (χ0n) is 13.1. The van der Waals surface area contributed by atoms with Crippen LogP contribution < -0.4 is 9.64 Å². The summed E-state index contributed by atoms with van der Waals surface area (Å²) < 4.78 is 5.37. The van der Waals surface area contributed by atoms with E-state index in [-0.39, 0.29) is 24.0 Å². The molecule has 2 aromatic rings. The van der Waals surface area contributed by atoms with Crippen LogP contribution in [0.2, 0.25) is 0 Å². The van der Waals surface area contributed by atoms with Crippen LogP contribution in [0, 0.1) is 17.0 Å². The molecule has 2 rings (SSSR count). The Morgan fingerprint density at radius 2 is 1.83 bits per heavy atom. The number of hydrogen-bond donors (Lipinski definition) is 0. The minimum atomic E-state index is -0.529. The molecule has 23 heavy (non-hydrogen) atoms. The SMILES string of the molecule is CCN(C(=O)COc1ccccc1[N+](=O)[O-])c1ccccc1C. The van der Waals surface area contributed by atoms with E-state index >= 15 is 0 Å². The maximum Gasteiger partial charge on any atom is 0.310 e. The number of nitro benzene ring substituents is 1. The number of benzene rings is 2. The van der Waals surface area contributed by atoms with Crippen molar-refractivity contribution >= 4 is 17.3 Å². The van der Waals surface area contributed by atoms with E-state index in [4.69, 9.17) is 4.74 Å². The topological polar surface area (TPSA) is 72.7 Å². The molecule has 0 bridgehead atoms. The van der Waals surface area contributed by atoms with Crippen molar-refractivity contribution < 1.29 is 14.5 Å². The van der Waals surface area contributed by atoms with E-state index in [1.807, 2.05) is 38.1 Å². The van der Waals surface area contributed by atoms with Crippen molar-refractivity contribution in [3.8, 4) is 5.75 Å². The minimum Gasteiger partial charge on any atom is -0.477 e. The molecular formula is C17H18N2O4. The molecule has 6 heteroatoms. The van der Waals surface area contributed by atoms with E-state index in [0.717, 1.165) is 11.3 Å². The number of likely N-dealkylation sites (N-methyl/N-ethyl adjacent to an activating group) is 1. The summed E-state index contributed by atoms with van der Waals surface area (Å²) in [5.74, 6) is -0.161. The van der Waals surface area contributed by atoms with Crippen molar-refractivity contribution in [2.45, 2.75) is 13.8 Å². The first-order valence-corrected chi connectivity index (χ1v) is 7.26. The Morgan fingerprint density at radius 1 is 1.17 bits per heavy atom. The van der Waals surface area contributed by atoms with Crippen LogP contribution in [0.1, 0.15) is 12.5 Å². The van der Waals surface area contributed by atoms with Gasteiger partial charge in [-0.3, -0.25) is 14.9 Å². The summed E-state index contributed by atoms with van der Waals surface area (Å²) >= 11 is 0. The maximum absolute atomic E-state index is 12.4. The summed E-state index contributed by atoms with van der Waals surface area (Å²) in [7, 11) is 0. The van der Waals surface area contributed by atoms with Crippen molar-refractivity contribution in [2.75, 3.05) is 18.1 Å². The number of para-hydroxylation sites is 3. The number of carbonyl (C=O) groups excluding carboxylic acids is 1. The molecule has 0 radical (unpaired) electrons. The fraction of sp³-hybridized carbons (Fsp3) is 0.235. The first-order chi connectivity index (χ1) is 11.0. The first-order valence-electron chi connectivity index (χ1n) is 7.26. The van der Waals surface area contributed by atoms with E-state index in [1.165, 1.54) is 12.1 Å². The number of amides is 1. The van der Waals surface area contributed by atoms with Gasteiger partial charge in [0.25, 0.3) is 5.91 Å². The van der Waals surface area contributed by atoms with Gasteiger partial charge >= 0.3 is 5.69 Å².